The summed E-state index contributed by atoms with van der Waals surface area (Å²) in [7, 11) is 0. The van der Waals surface area contributed by atoms with Gasteiger partial charge in [-0.15, -0.1) is 11.6 Å². The molecule has 0 fully saturated rings. The lowest BCUT2D eigenvalue weighted by molar-refractivity contribution is -0.130. The zero-order valence-electron chi connectivity index (χ0n) is 18.2. The Balaban J connectivity index is 2.20. The number of unbranched alkanes of at least 4 members (excludes halogenated alkanes) is 1. The highest BCUT2D eigenvalue weighted by molar-refractivity contribution is 6.27. The molecule has 1 amide bonds. The topological polar surface area (TPSA) is 64.4 Å². The van der Waals surface area contributed by atoms with Crippen LogP contribution in [0.4, 0.5) is 0 Å². The van der Waals surface area contributed by atoms with Gasteiger partial charge < -0.3 is 9.64 Å². The maximum Gasteiger partial charge on any atom is 0.266 e. The van der Waals surface area contributed by atoms with Gasteiger partial charge in [-0.05, 0) is 56.7 Å². The molecule has 1 aromatic heterocycles. The van der Waals surface area contributed by atoms with Crippen LogP contribution in [0.25, 0.3) is 16.6 Å². The highest BCUT2D eigenvalue weighted by atomic mass is 35.5. The number of ether oxygens (including phenoxy) is 1. The molecule has 0 aliphatic carbocycles. The van der Waals surface area contributed by atoms with E-state index >= 15 is 0 Å². The zero-order chi connectivity index (χ0) is 22.4. The summed E-state index contributed by atoms with van der Waals surface area (Å²) in [4.78, 5) is 32.6. The first-order chi connectivity index (χ1) is 15.0. The maximum atomic E-state index is 13.5. The third-order valence-corrected chi connectivity index (χ3v) is 5.46. The average molecular weight is 442 g/mol. The second-order valence-corrected chi connectivity index (χ2v) is 7.57. The molecule has 31 heavy (non-hydrogen) atoms. The summed E-state index contributed by atoms with van der Waals surface area (Å²) in [5, 5.41) is 0.524. The minimum atomic E-state index is -0.429. The highest BCUT2D eigenvalue weighted by Gasteiger charge is 2.26. The van der Waals surface area contributed by atoms with E-state index in [0.29, 0.717) is 35.6 Å². The Labute approximate surface area is 187 Å². The van der Waals surface area contributed by atoms with Gasteiger partial charge in [0.25, 0.3) is 5.56 Å². The van der Waals surface area contributed by atoms with Crippen LogP contribution in [0.5, 0.6) is 5.75 Å². The predicted octanol–water partition coefficient (Wildman–Crippen LogP) is 4.71. The van der Waals surface area contributed by atoms with E-state index in [2.05, 4.69) is 6.92 Å². The molecule has 1 unspecified atom stereocenters. The Hall–Kier alpha value is -2.86. The van der Waals surface area contributed by atoms with E-state index in [4.69, 9.17) is 21.3 Å². The van der Waals surface area contributed by atoms with Gasteiger partial charge in [0.05, 0.1) is 29.2 Å². The van der Waals surface area contributed by atoms with Crippen molar-refractivity contribution < 1.29 is 9.53 Å². The quantitative estimate of drug-likeness (QED) is 0.451. The number of fused-ring (bicyclic) bond motifs is 1. The van der Waals surface area contributed by atoms with Crippen molar-refractivity contribution >= 4 is 28.4 Å². The van der Waals surface area contributed by atoms with Crippen molar-refractivity contribution in [1.82, 2.24) is 14.5 Å². The first kappa shape index (κ1) is 22.8. The van der Waals surface area contributed by atoms with E-state index in [9.17, 15) is 9.59 Å². The molecule has 0 spiro atoms. The van der Waals surface area contributed by atoms with Gasteiger partial charge in [-0.25, -0.2) is 4.98 Å². The predicted molar refractivity (Wildman–Crippen MR) is 124 cm³/mol. The molecule has 0 aliphatic rings. The van der Waals surface area contributed by atoms with Gasteiger partial charge in [-0.1, -0.05) is 25.5 Å². The average Bonchev–Trinajstić information content (AvgIpc) is 2.79. The van der Waals surface area contributed by atoms with Crippen molar-refractivity contribution in [3.63, 3.8) is 0 Å². The Kier molecular flexibility index (Phi) is 7.69. The van der Waals surface area contributed by atoms with Gasteiger partial charge in [0.1, 0.15) is 17.5 Å². The number of rotatable bonds is 9. The molecule has 3 rings (SSSR count). The minimum absolute atomic E-state index is 0.116. The van der Waals surface area contributed by atoms with E-state index in [1.165, 1.54) is 0 Å². The van der Waals surface area contributed by atoms with Gasteiger partial charge in [0, 0.05) is 6.54 Å². The molecule has 0 saturated carbocycles. The largest absolute Gasteiger partial charge is 0.494 e. The first-order valence-electron chi connectivity index (χ1n) is 10.6. The van der Waals surface area contributed by atoms with Gasteiger partial charge in [-0.2, -0.15) is 0 Å². The number of halogens is 1. The molecule has 1 heterocycles. The van der Waals surface area contributed by atoms with Gasteiger partial charge >= 0.3 is 0 Å². The molecule has 0 saturated heterocycles. The van der Waals surface area contributed by atoms with Crippen LogP contribution in [-0.2, 0) is 4.79 Å². The zero-order valence-corrected chi connectivity index (χ0v) is 18.9. The number of para-hydroxylation sites is 1. The summed E-state index contributed by atoms with van der Waals surface area (Å²) >= 11 is 5.89. The van der Waals surface area contributed by atoms with E-state index < -0.39 is 6.04 Å². The van der Waals surface area contributed by atoms with Crippen LogP contribution in [0.2, 0.25) is 0 Å². The van der Waals surface area contributed by atoms with Crippen molar-refractivity contribution in [3.8, 4) is 11.4 Å². The molecule has 6 nitrogen and oxygen atoms in total. The summed E-state index contributed by atoms with van der Waals surface area (Å²) in [6.07, 6.45) is 1.78. The number of hydrogen-bond donors (Lipinski definition) is 0. The summed E-state index contributed by atoms with van der Waals surface area (Å²) < 4.78 is 7.12. The SMILES string of the molecule is CCCCN(C(=O)CCl)C(C)c1nc2ccccc2c(=O)n1-c1ccc(OCC)cc1. The Bertz CT molecular complexity index is 1100. The summed E-state index contributed by atoms with van der Waals surface area (Å²) in [5.74, 6) is 0.935. The van der Waals surface area contributed by atoms with E-state index in [1.54, 1.807) is 15.5 Å². The summed E-state index contributed by atoms with van der Waals surface area (Å²) in [6, 6.07) is 14.1. The van der Waals surface area contributed by atoms with Crippen LogP contribution < -0.4 is 10.3 Å². The maximum absolute atomic E-state index is 13.5. The minimum Gasteiger partial charge on any atom is -0.494 e. The molecule has 1 atom stereocenters. The normalized spacial score (nSPS) is 12.0. The molecule has 164 valence electrons. The Morgan fingerprint density at radius 1 is 1.16 bits per heavy atom. The van der Waals surface area contributed by atoms with E-state index in [0.717, 1.165) is 18.6 Å². The first-order valence-corrected chi connectivity index (χ1v) is 11.2. The molecule has 7 heteroatoms. The molecule has 2 aromatic carbocycles. The third-order valence-electron chi connectivity index (χ3n) is 5.24. The number of alkyl halides is 1. The molecule has 0 radical (unpaired) electrons. The van der Waals surface area contributed by atoms with Crippen LogP contribution in [-0.4, -0.2) is 39.4 Å². The van der Waals surface area contributed by atoms with Gasteiger partial charge in [0.15, 0.2) is 0 Å². The monoisotopic (exact) mass is 441 g/mol. The summed E-state index contributed by atoms with van der Waals surface area (Å²) in [6.45, 7) is 6.99. The number of carbonyl (C=O) groups excluding carboxylic acids is 1. The van der Waals surface area contributed by atoms with E-state index in [1.807, 2.05) is 56.3 Å². The molecular weight excluding hydrogens is 414 g/mol. The van der Waals surface area contributed by atoms with Crippen molar-refractivity contribution in [3.05, 3.63) is 64.7 Å². The molecular formula is C24H28ClN3O3. The smallest absolute Gasteiger partial charge is 0.266 e. The molecule has 3 aromatic rings. The molecule has 0 aliphatic heterocycles. The van der Waals surface area contributed by atoms with Crippen molar-refractivity contribution in [2.24, 2.45) is 0 Å². The highest BCUT2D eigenvalue weighted by Crippen LogP contribution is 2.24. The second kappa shape index (κ2) is 10.4. The van der Waals surface area contributed by atoms with Gasteiger partial charge in [0.2, 0.25) is 5.91 Å². The number of benzene rings is 2. The number of amides is 1. The number of aromatic nitrogens is 2. The van der Waals surface area contributed by atoms with Crippen LogP contribution >= 0.6 is 11.6 Å². The van der Waals surface area contributed by atoms with Crippen LogP contribution in [0, 0.1) is 0 Å². The van der Waals surface area contributed by atoms with Crippen molar-refractivity contribution in [2.45, 2.75) is 39.7 Å². The fraction of sp³-hybridized carbons (Fsp3) is 0.375. The van der Waals surface area contributed by atoms with Crippen LogP contribution in [0.1, 0.15) is 45.5 Å². The van der Waals surface area contributed by atoms with Crippen molar-refractivity contribution in [1.29, 1.82) is 0 Å². The lowest BCUT2D eigenvalue weighted by atomic mass is 10.1. The fourth-order valence-corrected chi connectivity index (χ4v) is 3.77. The number of nitrogens with zero attached hydrogens (tertiary/aromatic N) is 3. The number of hydrogen-bond acceptors (Lipinski definition) is 4. The van der Waals surface area contributed by atoms with Crippen molar-refractivity contribution in [2.75, 3.05) is 19.0 Å². The third kappa shape index (κ3) is 4.90. The van der Waals surface area contributed by atoms with Crippen LogP contribution in [0.3, 0.4) is 0 Å². The Morgan fingerprint density at radius 2 is 1.87 bits per heavy atom. The standard InChI is InChI=1S/C24H28ClN3O3/c1-4-6-15-27(22(29)16-25)17(3)23-26-21-10-8-7-9-20(21)24(30)28(23)18-11-13-19(14-12-18)31-5-2/h7-14,17H,4-6,15-16H2,1-3H3. The lowest BCUT2D eigenvalue weighted by Crippen LogP contribution is -2.38. The number of carbonyl (C=O) groups is 1. The fourth-order valence-electron chi connectivity index (χ4n) is 3.62. The second-order valence-electron chi connectivity index (χ2n) is 7.30. The lowest BCUT2D eigenvalue weighted by Gasteiger charge is -2.30. The summed E-state index contributed by atoms with van der Waals surface area (Å²) in [5.41, 5.74) is 1.10. The Morgan fingerprint density at radius 3 is 2.52 bits per heavy atom. The molecule has 0 bridgehead atoms. The van der Waals surface area contributed by atoms with Gasteiger partial charge in [-0.3, -0.25) is 14.2 Å². The molecule has 0 N–H and O–H groups in total. The van der Waals surface area contributed by atoms with Crippen LogP contribution in [0.15, 0.2) is 53.3 Å². The van der Waals surface area contributed by atoms with E-state index in [-0.39, 0.29) is 17.3 Å².